The first kappa shape index (κ1) is 11.1. The predicted molar refractivity (Wildman–Crippen MR) is 62.3 cm³/mol. The molecule has 1 aromatic carbocycles. The standard InChI is InChI=1S/C13H11NO3/c15-9-12-2-1-7-14(12)8-10-3-5-11(6-4-10)13(16)17/h1-7,9H,8H2,(H,16,17). The molecule has 0 fully saturated rings. The zero-order valence-electron chi connectivity index (χ0n) is 9.04. The molecule has 1 heterocycles. The van der Waals surface area contributed by atoms with Crippen LogP contribution in [0.5, 0.6) is 0 Å². The molecule has 0 aliphatic heterocycles. The van der Waals surface area contributed by atoms with Crippen molar-refractivity contribution in [1.29, 1.82) is 0 Å². The van der Waals surface area contributed by atoms with E-state index in [4.69, 9.17) is 5.11 Å². The lowest BCUT2D eigenvalue weighted by Gasteiger charge is -2.05. The maximum Gasteiger partial charge on any atom is 0.335 e. The van der Waals surface area contributed by atoms with Gasteiger partial charge >= 0.3 is 5.97 Å². The van der Waals surface area contributed by atoms with Crippen LogP contribution in [0.4, 0.5) is 0 Å². The fourth-order valence-electron chi connectivity index (χ4n) is 1.63. The summed E-state index contributed by atoms with van der Waals surface area (Å²) in [5, 5.41) is 8.76. The quantitative estimate of drug-likeness (QED) is 0.816. The summed E-state index contributed by atoms with van der Waals surface area (Å²) in [7, 11) is 0. The lowest BCUT2D eigenvalue weighted by Crippen LogP contribution is -2.03. The second kappa shape index (κ2) is 4.65. The molecule has 4 nitrogen and oxygen atoms in total. The Balaban J connectivity index is 2.19. The van der Waals surface area contributed by atoms with Gasteiger partial charge < -0.3 is 9.67 Å². The van der Waals surface area contributed by atoms with Crippen molar-refractivity contribution < 1.29 is 14.7 Å². The minimum Gasteiger partial charge on any atom is -0.478 e. The number of rotatable bonds is 4. The van der Waals surface area contributed by atoms with Gasteiger partial charge in [-0.25, -0.2) is 4.79 Å². The first-order chi connectivity index (χ1) is 8.20. The van der Waals surface area contributed by atoms with Crippen molar-refractivity contribution in [2.24, 2.45) is 0 Å². The summed E-state index contributed by atoms with van der Waals surface area (Å²) >= 11 is 0. The number of benzene rings is 1. The van der Waals surface area contributed by atoms with E-state index in [0.29, 0.717) is 12.2 Å². The maximum absolute atomic E-state index is 10.7. The molecule has 86 valence electrons. The monoisotopic (exact) mass is 229 g/mol. The summed E-state index contributed by atoms with van der Waals surface area (Å²) in [6, 6.07) is 10.1. The van der Waals surface area contributed by atoms with Crippen molar-refractivity contribution in [3.05, 3.63) is 59.4 Å². The predicted octanol–water partition coefficient (Wildman–Crippen LogP) is 2.05. The van der Waals surface area contributed by atoms with E-state index in [0.717, 1.165) is 11.8 Å². The highest BCUT2D eigenvalue weighted by Gasteiger charge is 2.03. The van der Waals surface area contributed by atoms with E-state index in [1.807, 2.05) is 10.8 Å². The third kappa shape index (κ3) is 2.42. The van der Waals surface area contributed by atoms with E-state index < -0.39 is 5.97 Å². The van der Waals surface area contributed by atoms with Gasteiger partial charge in [0.1, 0.15) is 0 Å². The molecule has 0 bridgehead atoms. The minimum atomic E-state index is -0.939. The normalized spacial score (nSPS) is 10.1. The van der Waals surface area contributed by atoms with Crippen molar-refractivity contribution >= 4 is 12.3 Å². The van der Waals surface area contributed by atoms with Crippen LogP contribution in [-0.2, 0) is 6.54 Å². The van der Waals surface area contributed by atoms with Crippen LogP contribution in [0.2, 0.25) is 0 Å². The Bertz CT molecular complexity index is 540. The number of hydrogen-bond acceptors (Lipinski definition) is 2. The molecule has 2 aromatic rings. The number of carboxylic acids is 1. The van der Waals surface area contributed by atoms with Crippen molar-refractivity contribution in [2.45, 2.75) is 6.54 Å². The Morgan fingerprint density at radius 2 is 1.94 bits per heavy atom. The van der Waals surface area contributed by atoms with Crippen molar-refractivity contribution in [2.75, 3.05) is 0 Å². The summed E-state index contributed by atoms with van der Waals surface area (Å²) in [5.41, 5.74) is 1.82. The van der Waals surface area contributed by atoms with Crippen molar-refractivity contribution in [1.82, 2.24) is 4.57 Å². The average Bonchev–Trinajstić information content (AvgIpc) is 2.77. The van der Waals surface area contributed by atoms with E-state index in [1.165, 1.54) is 0 Å². The highest BCUT2D eigenvalue weighted by molar-refractivity contribution is 5.87. The number of aromatic nitrogens is 1. The fourth-order valence-corrected chi connectivity index (χ4v) is 1.63. The first-order valence-electron chi connectivity index (χ1n) is 5.13. The molecule has 0 amide bonds. The number of hydrogen-bond donors (Lipinski definition) is 1. The minimum absolute atomic E-state index is 0.261. The average molecular weight is 229 g/mol. The number of carbonyl (C=O) groups excluding carboxylic acids is 1. The molecule has 0 spiro atoms. The molecule has 0 radical (unpaired) electrons. The van der Waals surface area contributed by atoms with E-state index in [9.17, 15) is 9.59 Å². The Kier molecular flexibility index (Phi) is 3.05. The molecule has 2 rings (SSSR count). The van der Waals surface area contributed by atoms with E-state index in [-0.39, 0.29) is 5.56 Å². The SMILES string of the molecule is O=Cc1cccn1Cc1ccc(C(=O)O)cc1. The van der Waals surface area contributed by atoms with Gasteiger partial charge in [0.15, 0.2) is 6.29 Å². The highest BCUT2D eigenvalue weighted by Crippen LogP contribution is 2.08. The van der Waals surface area contributed by atoms with Crippen LogP contribution < -0.4 is 0 Å². The maximum atomic E-state index is 10.7. The van der Waals surface area contributed by atoms with Crippen molar-refractivity contribution in [3.63, 3.8) is 0 Å². The smallest absolute Gasteiger partial charge is 0.335 e. The highest BCUT2D eigenvalue weighted by atomic mass is 16.4. The Morgan fingerprint density at radius 1 is 1.24 bits per heavy atom. The molecule has 0 saturated heterocycles. The summed E-state index contributed by atoms with van der Waals surface area (Å²) in [5.74, 6) is -0.939. The summed E-state index contributed by atoms with van der Waals surface area (Å²) in [6.45, 7) is 0.557. The Labute approximate surface area is 98.1 Å². The molecule has 0 aliphatic carbocycles. The molecule has 17 heavy (non-hydrogen) atoms. The first-order valence-corrected chi connectivity index (χ1v) is 5.13. The molecule has 0 atom stereocenters. The molecular formula is C13H11NO3. The van der Waals surface area contributed by atoms with Gasteiger partial charge in [0.05, 0.1) is 11.3 Å². The third-order valence-corrected chi connectivity index (χ3v) is 2.54. The van der Waals surface area contributed by atoms with Gasteiger partial charge in [0, 0.05) is 12.7 Å². The lowest BCUT2D eigenvalue weighted by atomic mass is 10.1. The van der Waals surface area contributed by atoms with Crippen LogP contribution in [0.1, 0.15) is 26.4 Å². The van der Waals surface area contributed by atoms with Gasteiger partial charge in [-0.1, -0.05) is 12.1 Å². The molecule has 4 heteroatoms. The van der Waals surface area contributed by atoms with Crippen LogP contribution in [0.15, 0.2) is 42.6 Å². The second-order valence-corrected chi connectivity index (χ2v) is 3.68. The van der Waals surface area contributed by atoms with Crippen LogP contribution in [0, 0.1) is 0 Å². The third-order valence-electron chi connectivity index (χ3n) is 2.54. The zero-order chi connectivity index (χ0) is 12.3. The number of carboxylic acid groups (broad SMARTS) is 1. The van der Waals surface area contributed by atoms with Crippen LogP contribution >= 0.6 is 0 Å². The zero-order valence-corrected chi connectivity index (χ0v) is 9.04. The number of aromatic carboxylic acids is 1. The van der Waals surface area contributed by atoms with Gasteiger partial charge in [0.2, 0.25) is 0 Å². The molecule has 1 N–H and O–H groups in total. The summed E-state index contributed by atoms with van der Waals surface area (Å²) in [4.78, 5) is 21.4. The van der Waals surface area contributed by atoms with Crippen molar-refractivity contribution in [3.8, 4) is 0 Å². The van der Waals surface area contributed by atoms with Gasteiger partial charge in [-0.15, -0.1) is 0 Å². The van der Waals surface area contributed by atoms with E-state index >= 15 is 0 Å². The largest absolute Gasteiger partial charge is 0.478 e. The molecule has 0 saturated carbocycles. The van der Waals surface area contributed by atoms with Gasteiger partial charge in [0.25, 0.3) is 0 Å². The lowest BCUT2D eigenvalue weighted by molar-refractivity contribution is 0.0696. The Hall–Kier alpha value is -2.36. The second-order valence-electron chi connectivity index (χ2n) is 3.68. The molecule has 0 aliphatic rings. The van der Waals surface area contributed by atoms with Crippen LogP contribution in [0.3, 0.4) is 0 Å². The van der Waals surface area contributed by atoms with Crippen LogP contribution in [0.25, 0.3) is 0 Å². The number of nitrogens with zero attached hydrogens (tertiary/aromatic N) is 1. The summed E-state index contributed by atoms with van der Waals surface area (Å²) in [6.07, 6.45) is 2.61. The summed E-state index contributed by atoms with van der Waals surface area (Å²) < 4.78 is 1.81. The molecule has 1 aromatic heterocycles. The topological polar surface area (TPSA) is 59.3 Å². The Morgan fingerprint density at radius 3 is 2.53 bits per heavy atom. The fraction of sp³-hybridized carbons (Fsp3) is 0.0769. The van der Waals surface area contributed by atoms with Crippen LogP contribution in [-0.4, -0.2) is 21.9 Å². The number of carbonyl (C=O) groups is 2. The number of aldehydes is 1. The van der Waals surface area contributed by atoms with E-state index in [1.54, 1.807) is 36.4 Å². The van der Waals surface area contributed by atoms with Gasteiger partial charge in [-0.3, -0.25) is 4.79 Å². The molecular weight excluding hydrogens is 218 g/mol. The van der Waals surface area contributed by atoms with Gasteiger partial charge in [-0.2, -0.15) is 0 Å². The van der Waals surface area contributed by atoms with E-state index in [2.05, 4.69) is 0 Å². The molecule has 0 unspecified atom stereocenters. The van der Waals surface area contributed by atoms with Gasteiger partial charge in [-0.05, 0) is 29.8 Å².